The molecule has 0 saturated carbocycles. The Kier molecular flexibility index (Phi) is 3.39. The number of carbonyl (C=O) groups excluding carboxylic acids is 1. The summed E-state index contributed by atoms with van der Waals surface area (Å²) in [5.74, 6) is -0.117. The first-order chi connectivity index (χ1) is 8.05. The summed E-state index contributed by atoms with van der Waals surface area (Å²) in [7, 11) is 0. The number of nitrogens with zero attached hydrogens (tertiary/aromatic N) is 1. The zero-order valence-corrected chi connectivity index (χ0v) is 10.9. The molecule has 7 heteroatoms. The van der Waals surface area contributed by atoms with Gasteiger partial charge in [0.2, 0.25) is 0 Å². The van der Waals surface area contributed by atoms with Gasteiger partial charge in [0.25, 0.3) is 5.91 Å². The van der Waals surface area contributed by atoms with Gasteiger partial charge in [0.1, 0.15) is 10.4 Å². The third-order valence-corrected chi connectivity index (χ3v) is 4.85. The second-order valence-electron chi connectivity index (χ2n) is 3.91. The van der Waals surface area contributed by atoms with Gasteiger partial charge in [-0.05, 0) is 19.1 Å². The Hall–Kier alpha value is -1.08. The Morgan fingerprint density at radius 1 is 1.59 bits per heavy atom. The van der Waals surface area contributed by atoms with Crippen molar-refractivity contribution in [3.63, 3.8) is 0 Å². The Balaban J connectivity index is 2.17. The fraction of sp³-hybridized carbons (Fsp3) is 0.500. The minimum atomic E-state index is -1.11. The van der Waals surface area contributed by atoms with Gasteiger partial charge in [0, 0.05) is 5.75 Å². The highest BCUT2D eigenvalue weighted by molar-refractivity contribution is 7.99. The highest BCUT2D eigenvalue weighted by Gasteiger charge is 2.43. The van der Waals surface area contributed by atoms with E-state index < -0.39 is 11.5 Å². The van der Waals surface area contributed by atoms with Crippen LogP contribution in [-0.4, -0.2) is 39.0 Å². The minimum Gasteiger partial charge on any atom is -0.479 e. The number of amides is 1. The van der Waals surface area contributed by atoms with E-state index in [0.717, 1.165) is 5.75 Å². The number of carboxylic acid groups (broad SMARTS) is 1. The van der Waals surface area contributed by atoms with Crippen molar-refractivity contribution in [1.29, 1.82) is 0 Å². The molecule has 5 nitrogen and oxygen atoms in total. The first-order valence-electron chi connectivity index (χ1n) is 5.09. The first kappa shape index (κ1) is 12.4. The van der Waals surface area contributed by atoms with Gasteiger partial charge in [0.05, 0.1) is 11.2 Å². The molecule has 1 saturated heterocycles. The third-order valence-electron chi connectivity index (χ3n) is 2.74. The molecule has 0 aliphatic carbocycles. The van der Waals surface area contributed by atoms with Crippen LogP contribution in [0.3, 0.4) is 0 Å². The topological polar surface area (TPSA) is 79.3 Å². The molecule has 1 amide bonds. The van der Waals surface area contributed by atoms with Crippen LogP contribution in [0.15, 0.2) is 5.51 Å². The monoisotopic (exact) mass is 272 g/mol. The summed E-state index contributed by atoms with van der Waals surface area (Å²) in [4.78, 5) is 27.7. The molecule has 2 rings (SSSR count). The lowest BCUT2D eigenvalue weighted by atomic mass is 9.99. The van der Waals surface area contributed by atoms with Crippen LogP contribution in [0.25, 0.3) is 0 Å². The van der Waals surface area contributed by atoms with Crippen molar-refractivity contribution >= 4 is 35.0 Å². The number of hydrogen-bond donors (Lipinski definition) is 2. The number of aryl methyl sites for hydroxylation is 1. The lowest BCUT2D eigenvalue weighted by Crippen LogP contribution is -2.54. The Labute approximate surface area is 107 Å². The normalized spacial score (nSPS) is 23.6. The molecule has 17 heavy (non-hydrogen) atoms. The number of hydrogen-bond acceptors (Lipinski definition) is 5. The van der Waals surface area contributed by atoms with Crippen LogP contribution in [0.2, 0.25) is 0 Å². The lowest BCUT2D eigenvalue weighted by Gasteiger charge is -2.24. The largest absolute Gasteiger partial charge is 0.479 e. The van der Waals surface area contributed by atoms with Crippen molar-refractivity contribution in [3.8, 4) is 0 Å². The molecule has 1 aliphatic rings. The molecule has 1 fully saturated rings. The highest BCUT2D eigenvalue weighted by Crippen LogP contribution is 2.29. The van der Waals surface area contributed by atoms with Gasteiger partial charge in [0.15, 0.2) is 0 Å². The van der Waals surface area contributed by atoms with Gasteiger partial charge in [-0.15, -0.1) is 11.3 Å². The number of carboxylic acids is 1. The van der Waals surface area contributed by atoms with E-state index in [1.54, 1.807) is 24.2 Å². The minimum absolute atomic E-state index is 0.338. The average molecular weight is 272 g/mol. The Morgan fingerprint density at radius 2 is 2.35 bits per heavy atom. The number of nitrogens with one attached hydrogen (secondary N) is 1. The van der Waals surface area contributed by atoms with Gasteiger partial charge in [-0.1, -0.05) is 0 Å². The fourth-order valence-electron chi connectivity index (χ4n) is 1.68. The summed E-state index contributed by atoms with van der Waals surface area (Å²) in [5, 5.41) is 11.9. The van der Waals surface area contributed by atoms with Crippen LogP contribution < -0.4 is 5.32 Å². The zero-order chi connectivity index (χ0) is 12.5. The Bertz CT molecular complexity index is 452. The molecule has 0 aromatic carbocycles. The van der Waals surface area contributed by atoms with Crippen molar-refractivity contribution in [2.45, 2.75) is 18.9 Å². The van der Waals surface area contributed by atoms with E-state index >= 15 is 0 Å². The highest BCUT2D eigenvalue weighted by atomic mass is 32.2. The number of aliphatic carboxylic acids is 1. The molecule has 0 radical (unpaired) electrons. The molecule has 1 aromatic rings. The van der Waals surface area contributed by atoms with Crippen molar-refractivity contribution in [2.24, 2.45) is 0 Å². The van der Waals surface area contributed by atoms with E-state index in [0.29, 0.717) is 22.7 Å². The standard InChI is InChI=1S/C10H12N2O3S2/c1-6-7(17-5-11-6)8(13)12-10(9(14)15)2-3-16-4-10/h5H,2-4H2,1H3,(H,12,13)(H,14,15). The lowest BCUT2D eigenvalue weighted by molar-refractivity contribution is -0.143. The molecule has 1 atom stereocenters. The summed E-state index contributed by atoms with van der Waals surface area (Å²) in [6.07, 6.45) is 0.469. The molecule has 2 heterocycles. The summed E-state index contributed by atoms with van der Waals surface area (Å²) >= 11 is 2.77. The molecule has 0 spiro atoms. The molecule has 2 N–H and O–H groups in total. The SMILES string of the molecule is Cc1ncsc1C(=O)NC1(C(=O)O)CCSC1. The number of aromatic nitrogens is 1. The van der Waals surface area contributed by atoms with E-state index in [1.165, 1.54) is 11.3 Å². The van der Waals surface area contributed by atoms with Crippen LogP contribution in [0.4, 0.5) is 0 Å². The van der Waals surface area contributed by atoms with Crippen LogP contribution >= 0.6 is 23.1 Å². The molecule has 1 aliphatic heterocycles. The summed E-state index contributed by atoms with van der Waals surface area (Å²) in [6.45, 7) is 1.74. The van der Waals surface area contributed by atoms with Crippen LogP contribution in [-0.2, 0) is 4.79 Å². The van der Waals surface area contributed by atoms with Crippen LogP contribution in [0.1, 0.15) is 21.8 Å². The van der Waals surface area contributed by atoms with Crippen molar-refractivity contribution < 1.29 is 14.7 Å². The van der Waals surface area contributed by atoms with E-state index in [-0.39, 0.29) is 5.91 Å². The summed E-state index contributed by atoms with van der Waals surface area (Å²) in [5.41, 5.74) is 1.11. The predicted octanol–water partition coefficient (Wildman–Crippen LogP) is 1.14. The molecule has 1 unspecified atom stereocenters. The van der Waals surface area contributed by atoms with E-state index in [9.17, 15) is 14.7 Å². The molecular weight excluding hydrogens is 260 g/mol. The van der Waals surface area contributed by atoms with E-state index in [4.69, 9.17) is 0 Å². The Morgan fingerprint density at radius 3 is 2.82 bits per heavy atom. The maximum atomic E-state index is 12.0. The second-order valence-corrected chi connectivity index (χ2v) is 5.87. The maximum Gasteiger partial charge on any atom is 0.330 e. The molecule has 92 valence electrons. The van der Waals surface area contributed by atoms with Gasteiger partial charge >= 0.3 is 5.97 Å². The second kappa shape index (κ2) is 4.66. The summed E-state index contributed by atoms with van der Waals surface area (Å²) < 4.78 is 0. The third kappa shape index (κ3) is 2.30. The summed E-state index contributed by atoms with van der Waals surface area (Å²) in [6, 6.07) is 0. The van der Waals surface area contributed by atoms with Crippen LogP contribution in [0.5, 0.6) is 0 Å². The molecule has 1 aromatic heterocycles. The van der Waals surface area contributed by atoms with Gasteiger partial charge in [-0.3, -0.25) is 4.79 Å². The smallest absolute Gasteiger partial charge is 0.330 e. The average Bonchev–Trinajstić information content (AvgIpc) is 2.87. The van der Waals surface area contributed by atoms with E-state index in [2.05, 4.69) is 10.3 Å². The van der Waals surface area contributed by atoms with Crippen molar-refractivity contribution in [2.75, 3.05) is 11.5 Å². The van der Waals surface area contributed by atoms with Gasteiger partial charge < -0.3 is 10.4 Å². The quantitative estimate of drug-likeness (QED) is 0.862. The van der Waals surface area contributed by atoms with Gasteiger partial charge in [-0.25, -0.2) is 9.78 Å². The number of rotatable bonds is 3. The number of thioether (sulfide) groups is 1. The molecular formula is C10H12N2O3S2. The van der Waals surface area contributed by atoms with E-state index in [1.807, 2.05) is 0 Å². The van der Waals surface area contributed by atoms with Gasteiger partial charge in [-0.2, -0.15) is 11.8 Å². The molecule has 0 bridgehead atoms. The number of thiazole rings is 1. The zero-order valence-electron chi connectivity index (χ0n) is 9.23. The van der Waals surface area contributed by atoms with Crippen LogP contribution in [0, 0.1) is 6.92 Å². The van der Waals surface area contributed by atoms with Crippen molar-refractivity contribution in [3.05, 3.63) is 16.1 Å². The first-order valence-corrected chi connectivity index (χ1v) is 7.12. The fourth-order valence-corrected chi connectivity index (χ4v) is 3.70. The van der Waals surface area contributed by atoms with Crippen molar-refractivity contribution in [1.82, 2.24) is 10.3 Å². The maximum absolute atomic E-state index is 12.0. The predicted molar refractivity (Wildman–Crippen MR) is 66.6 cm³/mol. The number of carbonyl (C=O) groups is 2.